The summed E-state index contributed by atoms with van der Waals surface area (Å²) in [5, 5.41) is 2.98. The van der Waals surface area contributed by atoms with E-state index in [2.05, 4.69) is 9.98 Å². The molecule has 6 heteroatoms. The SMILES string of the molecule is COCc1nc(CN=C(N)N(C)C2CC2)cs1. The van der Waals surface area contributed by atoms with Gasteiger partial charge < -0.3 is 15.4 Å². The van der Waals surface area contributed by atoms with Crippen molar-refractivity contribution in [3.63, 3.8) is 0 Å². The molecule has 0 spiro atoms. The van der Waals surface area contributed by atoms with Crippen molar-refractivity contribution in [1.82, 2.24) is 9.88 Å². The number of hydrogen-bond acceptors (Lipinski definition) is 4. The summed E-state index contributed by atoms with van der Waals surface area (Å²) < 4.78 is 5.02. The van der Waals surface area contributed by atoms with Gasteiger partial charge in [0.2, 0.25) is 0 Å². The molecule has 5 nitrogen and oxygen atoms in total. The van der Waals surface area contributed by atoms with E-state index < -0.39 is 0 Å². The van der Waals surface area contributed by atoms with Gasteiger partial charge in [-0.25, -0.2) is 9.98 Å². The van der Waals surface area contributed by atoms with E-state index in [0.29, 0.717) is 25.2 Å². The predicted molar refractivity (Wildman–Crippen MR) is 68.9 cm³/mol. The Morgan fingerprint density at radius 3 is 3.12 bits per heavy atom. The zero-order valence-corrected chi connectivity index (χ0v) is 11.0. The smallest absolute Gasteiger partial charge is 0.191 e. The molecule has 1 aliphatic rings. The minimum Gasteiger partial charge on any atom is -0.378 e. The van der Waals surface area contributed by atoms with Crippen LogP contribution in [0.3, 0.4) is 0 Å². The Morgan fingerprint density at radius 2 is 2.47 bits per heavy atom. The molecule has 0 aromatic carbocycles. The topological polar surface area (TPSA) is 63.7 Å². The molecule has 0 bridgehead atoms. The van der Waals surface area contributed by atoms with Crippen LogP contribution in [0.5, 0.6) is 0 Å². The fraction of sp³-hybridized carbons (Fsp3) is 0.636. The lowest BCUT2D eigenvalue weighted by molar-refractivity contribution is 0.184. The summed E-state index contributed by atoms with van der Waals surface area (Å²) >= 11 is 1.59. The van der Waals surface area contributed by atoms with E-state index in [1.807, 2.05) is 17.3 Å². The van der Waals surface area contributed by atoms with Crippen molar-refractivity contribution in [3.05, 3.63) is 16.1 Å². The highest BCUT2D eigenvalue weighted by molar-refractivity contribution is 7.09. The Balaban J connectivity index is 1.88. The second-order valence-corrected chi connectivity index (χ2v) is 5.12. The highest BCUT2D eigenvalue weighted by atomic mass is 32.1. The molecule has 0 saturated heterocycles. The molecule has 17 heavy (non-hydrogen) atoms. The molecule has 0 radical (unpaired) electrons. The number of methoxy groups -OCH3 is 1. The summed E-state index contributed by atoms with van der Waals surface area (Å²) in [6.07, 6.45) is 2.45. The van der Waals surface area contributed by atoms with E-state index in [1.165, 1.54) is 12.8 Å². The fourth-order valence-electron chi connectivity index (χ4n) is 1.53. The van der Waals surface area contributed by atoms with Gasteiger partial charge in [0.1, 0.15) is 5.01 Å². The lowest BCUT2D eigenvalue weighted by Gasteiger charge is -2.16. The number of thiazole rings is 1. The minimum absolute atomic E-state index is 0.545. The van der Waals surface area contributed by atoms with Gasteiger partial charge in [0.05, 0.1) is 18.8 Å². The van der Waals surface area contributed by atoms with Crippen LogP contribution in [0.4, 0.5) is 0 Å². The van der Waals surface area contributed by atoms with Crippen LogP contribution in [0.25, 0.3) is 0 Å². The number of nitrogens with zero attached hydrogens (tertiary/aromatic N) is 3. The summed E-state index contributed by atoms with van der Waals surface area (Å²) in [5.41, 5.74) is 6.85. The maximum Gasteiger partial charge on any atom is 0.191 e. The fourth-order valence-corrected chi connectivity index (χ4v) is 2.29. The van der Waals surface area contributed by atoms with Crippen LogP contribution in [0.2, 0.25) is 0 Å². The van der Waals surface area contributed by atoms with E-state index in [4.69, 9.17) is 10.5 Å². The minimum atomic E-state index is 0.545. The van der Waals surface area contributed by atoms with E-state index >= 15 is 0 Å². The van der Waals surface area contributed by atoms with Crippen molar-refractivity contribution in [2.45, 2.75) is 32.0 Å². The van der Waals surface area contributed by atoms with Gasteiger partial charge in [0, 0.05) is 25.6 Å². The lowest BCUT2D eigenvalue weighted by Crippen LogP contribution is -2.35. The maximum atomic E-state index is 5.90. The average molecular weight is 254 g/mol. The third-order valence-corrected chi connectivity index (χ3v) is 3.60. The van der Waals surface area contributed by atoms with Crippen LogP contribution in [0.15, 0.2) is 10.4 Å². The number of rotatable bonds is 5. The summed E-state index contributed by atoms with van der Waals surface area (Å²) in [5.74, 6) is 0.605. The lowest BCUT2D eigenvalue weighted by atomic mass is 10.5. The summed E-state index contributed by atoms with van der Waals surface area (Å²) in [6, 6.07) is 0.596. The molecule has 1 aromatic heterocycles. The average Bonchev–Trinajstić information content (AvgIpc) is 3.08. The molecule has 0 unspecified atom stereocenters. The molecular weight excluding hydrogens is 236 g/mol. The first-order valence-corrected chi connectivity index (χ1v) is 6.53. The Morgan fingerprint density at radius 1 is 1.71 bits per heavy atom. The Labute approximate surface area is 105 Å². The van der Waals surface area contributed by atoms with Crippen molar-refractivity contribution < 1.29 is 4.74 Å². The van der Waals surface area contributed by atoms with Gasteiger partial charge in [-0.1, -0.05) is 0 Å². The van der Waals surface area contributed by atoms with Gasteiger partial charge in [0.25, 0.3) is 0 Å². The van der Waals surface area contributed by atoms with E-state index in [0.717, 1.165) is 10.7 Å². The molecule has 1 fully saturated rings. The van der Waals surface area contributed by atoms with Gasteiger partial charge >= 0.3 is 0 Å². The summed E-state index contributed by atoms with van der Waals surface area (Å²) in [6.45, 7) is 1.11. The molecule has 0 amide bonds. The third kappa shape index (κ3) is 3.41. The molecule has 2 N–H and O–H groups in total. The van der Waals surface area contributed by atoms with Crippen molar-refractivity contribution >= 4 is 17.3 Å². The van der Waals surface area contributed by atoms with Crippen LogP contribution >= 0.6 is 11.3 Å². The Kier molecular flexibility index (Phi) is 3.96. The number of ether oxygens (including phenoxy) is 1. The number of guanidine groups is 1. The summed E-state index contributed by atoms with van der Waals surface area (Å²) in [4.78, 5) is 10.8. The van der Waals surface area contributed by atoms with Crippen molar-refractivity contribution in [1.29, 1.82) is 0 Å². The van der Waals surface area contributed by atoms with Gasteiger partial charge in [-0.2, -0.15) is 0 Å². The Hall–Kier alpha value is -1.14. The molecule has 0 atom stereocenters. The normalized spacial score (nSPS) is 16.2. The zero-order valence-electron chi connectivity index (χ0n) is 10.2. The zero-order chi connectivity index (χ0) is 12.3. The maximum absolute atomic E-state index is 5.90. The van der Waals surface area contributed by atoms with Crippen LogP contribution in [-0.4, -0.2) is 36.0 Å². The van der Waals surface area contributed by atoms with Crippen LogP contribution in [-0.2, 0) is 17.9 Å². The second kappa shape index (κ2) is 5.46. The first-order valence-electron chi connectivity index (χ1n) is 5.65. The van der Waals surface area contributed by atoms with Crippen molar-refractivity contribution in [2.24, 2.45) is 10.7 Å². The van der Waals surface area contributed by atoms with E-state index in [1.54, 1.807) is 18.4 Å². The molecule has 0 aliphatic heterocycles. The first kappa shape index (κ1) is 12.3. The quantitative estimate of drug-likeness (QED) is 0.633. The largest absolute Gasteiger partial charge is 0.378 e. The van der Waals surface area contributed by atoms with Crippen molar-refractivity contribution in [3.8, 4) is 0 Å². The van der Waals surface area contributed by atoms with Crippen LogP contribution in [0.1, 0.15) is 23.5 Å². The van der Waals surface area contributed by atoms with Gasteiger partial charge in [-0.3, -0.25) is 0 Å². The van der Waals surface area contributed by atoms with Crippen LogP contribution < -0.4 is 5.73 Å². The highest BCUT2D eigenvalue weighted by Gasteiger charge is 2.27. The first-order chi connectivity index (χ1) is 8.20. The van der Waals surface area contributed by atoms with Gasteiger partial charge in [-0.05, 0) is 12.8 Å². The molecule has 2 rings (SSSR count). The van der Waals surface area contributed by atoms with Crippen molar-refractivity contribution in [2.75, 3.05) is 14.2 Å². The van der Waals surface area contributed by atoms with Gasteiger partial charge in [0.15, 0.2) is 5.96 Å². The van der Waals surface area contributed by atoms with E-state index in [9.17, 15) is 0 Å². The monoisotopic (exact) mass is 254 g/mol. The molecular formula is C11H18N4OS. The van der Waals surface area contributed by atoms with Crippen LogP contribution in [0, 0.1) is 0 Å². The highest BCUT2D eigenvalue weighted by Crippen LogP contribution is 2.24. The molecule has 1 saturated carbocycles. The van der Waals surface area contributed by atoms with E-state index in [-0.39, 0.29) is 0 Å². The molecule has 94 valence electrons. The van der Waals surface area contributed by atoms with Gasteiger partial charge in [-0.15, -0.1) is 11.3 Å². The molecule has 1 aliphatic carbocycles. The number of aliphatic imine (C=N–C) groups is 1. The molecule has 1 aromatic rings. The standard InChI is InChI=1S/C11H18N4OS/c1-15(9-3-4-9)11(12)13-5-8-7-17-10(14-8)6-16-2/h7,9H,3-6H2,1-2H3,(H2,12,13). The summed E-state index contributed by atoms with van der Waals surface area (Å²) in [7, 11) is 3.66. The predicted octanol–water partition coefficient (Wildman–Crippen LogP) is 1.20. The second-order valence-electron chi connectivity index (χ2n) is 4.18. The Bertz CT molecular complexity index is 400. The third-order valence-electron chi connectivity index (χ3n) is 2.73. The number of aromatic nitrogens is 1. The number of nitrogens with two attached hydrogens (primary N) is 1. The molecule has 1 heterocycles. The number of hydrogen-bond donors (Lipinski definition) is 1.